The van der Waals surface area contributed by atoms with E-state index in [1.807, 2.05) is 0 Å². The van der Waals surface area contributed by atoms with E-state index >= 15 is 0 Å². The van der Waals surface area contributed by atoms with Gasteiger partial charge >= 0.3 is 0 Å². The zero-order valence-corrected chi connectivity index (χ0v) is 11.3. The summed E-state index contributed by atoms with van der Waals surface area (Å²) in [5, 5.41) is 7.14. The molecule has 1 N–H and O–H groups in total. The number of likely N-dealkylation sites (N-methyl/N-ethyl adjacent to an activating group) is 1. The normalized spacial score (nSPS) is 21.9. The van der Waals surface area contributed by atoms with Crippen molar-refractivity contribution in [2.75, 3.05) is 26.7 Å². The van der Waals surface area contributed by atoms with Gasteiger partial charge in [-0.3, -0.25) is 5.10 Å². The van der Waals surface area contributed by atoms with Crippen molar-refractivity contribution < 1.29 is 4.74 Å². The van der Waals surface area contributed by atoms with Gasteiger partial charge in [-0.25, -0.2) is 0 Å². The molecule has 1 atom stereocenters. The summed E-state index contributed by atoms with van der Waals surface area (Å²) < 4.78 is 8.53. The molecule has 0 bridgehead atoms. The van der Waals surface area contributed by atoms with Crippen LogP contribution in [0.1, 0.15) is 19.2 Å². The Morgan fingerprint density at radius 1 is 1.59 bits per heavy atom. The van der Waals surface area contributed by atoms with Crippen molar-refractivity contribution in [1.82, 2.24) is 19.7 Å². The van der Waals surface area contributed by atoms with Crippen LogP contribution in [-0.2, 0) is 17.7 Å². The number of ether oxygens (including phenoxy) is 1. The van der Waals surface area contributed by atoms with Crippen LogP contribution >= 0.6 is 12.2 Å². The summed E-state index contributed by atoms with van der Waals surface area (Å²) in [4.78, 5) is 2.29. The third kappa shape index (κ3) is 3.14. The zero-order chi connectivity index (χ0) is 12.3. The first-order chi connectivity index (χ1) is 8.20. The van der Waals surface area contributed by atoms with Crippen LogP contribution in [0.15, 0.2) is 0 Å². The van der Waals surface area contributed by atoms with Crippen molar-refractivity contribution in [3.05, 3.63) is 10.6 Å². The van der Waals surface area contributed by atoms with E-state index in [0.717, 1.165) is 44.9 Å². The largest absolute Gasteiger partial charge is 0.374 e. The fourth-order valence-electron chi connectivity index (χ4n) is 2.13. The van der Waals surface area contributed by atoms with Crippen LogP contribution in [0, 0.1) is 4.77 Å². The molecule has 0 amide bonds. The maximum atomic E-state index is 5.76. The molecule has 96 valence electrons. The van der Waals surface area contributed by atoms with E-state index in [-0.39, 0.29) is 6.10 Å². The lowest BCUT2D eigenvalue weighted by atomic mass is 10.2. The maximum absolute atomic E-state index is 5.76. The molecule has 2 heterocycles. The molecule has 1 saturated heterocycles. The van der Waals surface area contributed by atoms with Crippen molar-refractivity contribution in [2.45, 2.75) is 32.4 Å². The second-order valence-corrected chi connectivity index (χ2v) is 4.95. The lowest BCUT2D eigenvalue weighted by Crippen LogP contribution is -2.42. The molecule has 0 radical (unpaired) electrons. The molecular weight excluding hydrogens is 236 g/mol. The number of hydrogen-bond acceptors (Lipinski definition) is 4. The van der Waals surface area contributed by atoms with E-state index in [2.05, 4.69) is 33.6 Å². The molecule has 0 aromatic carbocycles. The monoisotopic (exact) mass is 256 g/mol. The Bertz CT molecular complexity index is 414. The van der Waals surface area contributed by atoms with Gasteiger partial charge in [0.1, 0.15) is 5.82 Å². The lowest BCUT2D eigenvalue weighted by Gasteiger charge is -2.30. The van der Waals surface area contributed by atoms with Crippen molar-refractivity contribution in [3.8, 4) is 0 Å². The number of aromatic amines is 1. The van der Waals surface area contributed by atoms with Crippen molar-refractivity contribution in [3.63, 3.8) is 0 Å². The Hall–Kier alpha value is -0.720. The number of morpholine rings is 1. The molecule has 1 unspecified atom stereocenters. The smallest absolute Gasteiger partial charge is 0.195 e. The van der Waals surface area contributed by atoms with E-state index in [9.17, 15) is 0 Å². The van der Waals surface area contributed by atoms with Gasteiger partial charge in [0.2, 0.25) is 0 Å². The number of aryl methyl sites for hydroxylation is 1. The molecule has 0 aliphatic carbocycles. The SMILES string of the molecule is CCCc1n[nH]c(=S)n1CC1CN(C)CCO1. The van der Waals surface area contributed by atoms with Crippen LogP contribution in [0.3, 0.4) is 0 Å². The highest BCUT2D eigenvalue weighted by Gasteiger charge is 2.19. The first kappa shape index (κ1) is 12.7. The van der Waals surface area contributed by atoms with Gasteiger partial charge in [0.15, 0.2) is 4.77 Å². The van der Waals surface area contributed by atoms with Crippen LogP contribution in [0.5, 0.6) is 0 Å². The molecule has 1 aliphatic heterocycles. The Morgan fingerprint density at radius 3 is 3.12 bits per heavy atom. The average Bonchev–Trinajstić information content (AvgIpc) is 2.62. The predicted octanol–water partition coefficient (Wildman–Crippen LogP) is 1.22. The number of nitrogens with one attached hydrogen (secondary N) is 1. The highest BCUT2D eigenvalue weighted by molar-refractivity contribution is 7.71. The van der Waals surface area contributed by atoms with Crippen LogP contribution in [0.2, 0.25) is 0 Å². The summed E-state index contributed by atoms with van der Waals surface area (Å²) in [6.45, 7) is 5.71. The molecule has 17 heavy (non-hydrogen) atoms. The fraction of sp³-hybridized carbons (Fsp3) is 0.818. The van der Waals surface area contributed by atoms with Gasteiger partial charge in [-0.05, 0) is 25.7 Å². The predicted molar refractivity (Wildman–Crippen MR) is 68.6 cm³/mol. The van der Waals surface area contributed by atoms with E-state index in [4.69, 9.17) is 17.0 Å². The third-order valence-corrected chi connectivity index (χ3v) is 3.35. The maximum Gasteiger partial charge on any atom is 0.195 e. The van der Waals surface area contributed by atoms with E-state index < -0.39 is 0 Å². The summed E-state index contributed by atoms with van der Waals surface area (Å²) in [6.07, 6.45) is 2.24. The number of H-pyrrole nitrogens is 1. The molecule has 1 aromatic heterocycles. The zero-order valence-electron chi connectivity index (χ0n) is 10.5. The van der Waals surface area contributed by atoms with Crippen molar-refractivity contribution >= 4 is 12.2 Å². The Balaban J connectivity index is 2.06. The standard InChI is InChI=1S/C11H20N4OS/c1-3-4-10-12-13-11(17)15(10)8-9-7-14(2)5-6-16-9/h9H,3-8H2,1-2H3,(H,13,17). The average molecular weight is 256 g/mol. The lowest BCUT2D eigenvalue weighted by molar-refractivity contribution is -0.0280. The Kier molecular flexibility index (Phi) is 4.31. The number of rotatable bonds is 4. The highest BCUT2D eigenvalue weighted by Crippen LogP contribution is 2.09. The first-order valence-electron chi connectivity index (χ1n) is 6.15. The quantitative estimate of drug-likeness (QED) is 0.823. The van der Waals surface area contributed by atoms with Crippen LogP contribution < -0.4 is 0 Å². The molecular formula is C11H20N4OS. The third-order valence-electron chi connectivity index (χ3n) is 3.04. The van der Waals surface area contributed by atoms with Crippen LogP contribution in [-0.4, -0.2) is 52.5 Å². The summed E-state index contributed by atoms with van der Waals surface area (Å²) in [7, 11) is 2.12. The molecule has 1 fully saturated rings. The van der Waals surface area contributed by atoms with Gasteiger partial charge in [-0.1, -0.05) is 6.92 Å². The van der Waals surface area contributed by atoms with Crippen LogP contribution in [0.25, 0.3) is 0 Å². The molecule has 6 heteroatoms. The Labute approximate surface area is 107 Å². The molecule has 1 aliphatic rings. The van der Waals surface area contributed by atoms with Crippen molar-refractivity contribution in [2.24, 2.45) is 0 Å². The first-order valence-corrected chi connectivity index (χ1v) is 6.55. The molecule has 2 rings (SSSR count). The summed E-state index contributed by atoms with van der Waals surface area (Å²) in [6, 6.07) is 0. The highest BCUT2D eigenvalue weighted by atomic mass is 32.1. The summed E-state index contributed by atoms with van der Waals surface area (Å²) >= 11 is 5.26. The number of aromatic nitrogens is 3. The summed E-state index contributed by atoms with van der Waals surface area (Å²) in [5.41, 5.74) is 0. The molecule has 5 nitrogen and oxygen atoms in total. The van der Waals surface area contributed by atoms with Gasteiger partial charge in [-0.2, -0.15) is 5.10 Å². The second-order valence-electron chi connectivity index (χ2n) is 4.56. The fourth-order valence-corrected chi connectivity index (χ4v) is 2.36. The topological polar surface area (TPSA) is 46.1 Å². The minimum Gasteiger partial charge on any atom is -0.374 e. The molecule has 0 spiro atoms. The molecule has 1 aromatic rings. The minimum absolute atomic E-state index is 0.216. The second kappa shape index (κ2) is 5.75. The van der Waals surface area contributed by atoms with Gasteiger partial charge in [0.25, 0.3) is 0 Å². The van der Waals surface area contributed by atoms with E-state index in [1.54, 1.807) is 0 Å². The number of nitrogens with zero attached hydrogens (tertiary/aromatic N) is 3. The van der Waals surface area contributed by atoms with E-state index in [0.29, 0.717) is 4.77 Å². The van der Waals surface area contributed by atoms with Gasteiger partial charge < -0.3 is 14.2 Å². The van der Waals surface area contributed by atoms with Gasteiger partial charge in [0.05, 0.1) is 19.3 Å². The summed E-state index contributed by atoms with van der Waals surface area (Å²) in [5.74, 6) is 1.04. The minimum atomic E-state index is 0.216. The molecule has 0 saturated carbocycles. The van der Waals surface area contributed by atoms with Gasteiger partial charge in [0, 0.05) is 19.5 Å². The Morgan fingerprint density at radius 2 is 2.41 bits per heavy atom. The number of hydrogen-bond donors (Lipinski definition) is 1. The van der Waals surface area contributed by atoms with E-state index in [1.165, 1.54) is 0 Å². The van der Waals surface area contributed by atoms with Crippen LogP contribution in [0.4, 0.5) is 0 Å². The van der Waals surface area contributed by atoms with Crippen molar-refractivity contribution in [1.29, 1.82) is 0 Å². The van der Waals surface area contributed by atoms with Gasteiger partial charge in [-0.15, -0.1) is 0 Å².